The molecule has 2 aromatic heterocycles. The lowest BCUT2D eigenvalue weighted by Gasteiger charge is -2.28. The lowest BCUT2D eigenvalue weighted by atomic mass is 9.96. The maximum atomic E-state index is 12.1. The van der Waals surface area contributed by atoms with Gasteiger partial charge in [0, 0.05) is 34.1 Å². The Morgan fingerprint density at radius 1 is 1.18 bits per heavy atom. The molecule has 0 bridgehead atoms. The molecule has 7 heteroatoms. The van der Waals surface area contributed by atoms with E-state index >= 15 is 0 Å². The summed E-state index contributed by atoms with van der Waals surface area (Å²) in [4.78, 5) is 21.1. The fourth-order valence-corrected chi connectivity index (χ4v) is 4.18. The topological polar surface area (TPSA) is 90.7 Å². The third kappa shape index (κ3) is 3.38. The second-order valence-electron chi connectivity index (χ2n) is 6.53. The molecule has 138 valence electrons. The molecule has 1 aliphatic rings. The molecule has 1 aliphatic heterocycles. The number of nitrogens with one attached hydrogen (secondary N) is 2. The quantitative estimate of drug-likeness (QED) is 0.706. The molecule has 0 radical (unpaired) electrons. The number of carbonyl (C=O) groups is 1. The van der Waals surface area contributed by atoms with Crippen LogP contribution in [0.2, 0.25) is 0 Å². The van der Waals surface area contributed by atoms with E-state index in [1.54, 1.807) is 18.3 Å². The van der Waals surface area contributed by atoms with Gasteiger partial charge in [0.2, 0.25) is 0 Å². The van der Waals surface area contributed by atoms with E-state index in [4.69, 9.17) is 10.2 Å². The third-order valence-electron chi connectivity index (χ3n) is 4.57. The highest BCUT2D eigenvalue weighted by atomic mass is 32.1. The van der Waals surface area contributed by atoms with Gasteiger partial charge in [0.1, 0.15) is 5.01 Å². The summed E-state index contributed by atoms with van der Waals surface area (Å²) in [6.45, 7) is 3.81. The number of amides is 2. The standard InChI is InChI=1S/C21H17N5OS/c1-12-9-16(7-8-23-12)19-18(13(2)24-21(27)26-19)20-25-17(11-28-20)15-5-3-14(10-22)4-6-15/h3-9,11,19H,1-2H3,(H2,24,26,27). The van der Waals surface area contributed by atoms with E-state index in [0.29, 0.717) is 5.56 Å². The van der Waals surface area contributed by atoms with Crippen molar-refractivity contribution in [3.05, 3.63) is 75.5 Å². The van der Waals surface area contributed by atoms with E-state index in [-0.39, 0.29) is 12.1 Å². The second-order valence-corrected chi connectivity index (χ2v) is 7.39. The molecule has 0 saturated carbocycles. The molecule has 28 heavy (non-hydrogen) atoms. The summed E-state index contributed by atoms with van der Waals surface area (Å²) in [5, 5.41) is 17.6. The Morgan fingerprint density at radius 2 is 1.96 bits per heavy atom. The van der Waals surface area contributed by atoms with Crippen LogP contribution in [0.15, 0.2) is 53.7 Å². The minimum atomic E-state index is -0.296. The normalized spacial score (nSPS) is 16.3. The predicted molar refractivity (Wildman–Crippen MR) is 108 cm³/mol. The highest BCUT2D eigenvalue weighted by molar-refractivity contribution is 7.11. The summed E-state index contributed by atoms with van der Waals surface area (Å²) in [6.07, 6.45) is 1.75. The van der Waals surface area contributed by atoms with Crippen molar-refractivity contribution in [2.24, 2.45) is 0 Å². The van der Waals surface area contributed by atoms with E-state index < -0.39 is 0 Å². The van der Waals surface area contributed by atoms with Gasteiger partial charge in [-0.05, 0) is 43.7 Å². The van der Waals surface area contributed by atoms with E-state index in [1.807, 2.05) is 43.5 Å². The van der Waals surface area contributed by atoms with Crippen molar-refractivity contribution in [2.75, 3.05) is 0 Å². The SMILES string of the molecule is CC1=C(c2nc(-c3ccc(C#N)cc3)cs2)C(c2ccnc(C)c2)NC(=O)N1. The number of rotatable bonds is 3. The number of aromatic nitrogens is 2. The zero-order valence-corrected chi connectivity index (χ0v) is 16.2. The van der Waals surface area contributed by atoms with Crippen LogP contribution >= 0.6 is 11.3 Å². The van der Waals surface area contributed by atoms with Gasteiger partial charge < -0.3 is 10.6 Å². The van der Waals surface area contributed by atoms with Crippen molar-refractivity contribution in [2.45, 2.75) is 19.9 Å². The molecule has 2 N–H and O–H groups in total. The molecule has 0 fully saturated rings. The number of thiazole rings is 1. The molecule has 0 spiro atoms. The molecule has 4 rings (SSSR count). The molecule has 1 atom stereocenters. The van der Waals surface area contributed by atoms with E-state index in [1.165, 1.54) is 11.3 Å². The van der Waals surface area contributed by atoms with Crippen molar-refractivity contribution in [3.8, 4) is 17.3 Å². The predicted octanol–water partition coefficient (Wildman–Crippen LogP) is 4.17. The molecular weight excluding hydrogens is 370 g/mol. The first-order chi connectivity index (χ1) is 13.5. The van der Waals surface area contributed by atoms with Crippen LogP contribution in [-0.2, 0) is 0 Å². The zero-order valence-electron chi connectivity index (χ0n) is 15.4. The first-order valence-electron chi connectivity index (χ1n) is 8.72. The number of aryl methyl sites for hydroxylation is 1. The summed E-state index contributed by atoms with van der Waals surface area (Å²) < 4.78 is 0. The van der Waals surface area contributed by atoms with Crippen LogP contribution in [-0.4, -0.2) is 16.0 Å². The van der Waals surface area contributed by atoms with Crippen LogP contribution in [0.1, 0.15) is 34.8 Å². The number of hydrogen-bond acceptors (Lipinski definition) is 5. The number of hydrogen-bond donors (Lipinski definition) is 2. The average Bonchev–Trinajstić information content (AvgIpc) is 3.17. The summed E-state index contributed by atoms with van der Waals surface area (Å²) in [6, 6.07) is 12.8. The fraction of sp³-hybridized carbons (Fsp3) is 0.143. The smallest absolute Gasteiger partial charge is 0.319 e. The Labute approximate surface area is 166 Å². The van der Waals surface area contributed by atoms with Gasteiger partial charge in [-0.3, -0.25) is 4.98 Å². The van der Waals surface area contributed by atoms with Crippen LogP contribution < -0.4 is 10.6 Å². The van der Waals surface area contributed by atoms with Crippen LogP contribution in [0.3, 0.4) is 0 Å². The van der Waals surface area contributed by atoms with Crippen molar-refractivity contribution < 1.29 is 4.79 Å². The van der Waals surface area contributed by atoms with Gasteiger partial charge in [0.25, 0.3) is 0 Å². The molecule has 3 heterocycles. The lowest BCUT2D eigenvalue weighted by Crippen LogP contribution is -2.42. The van der Waals surface area contributed by atoms with Crippen LogP contribution in [0.25, 0.3) is 16.8 Å². The van der Waals surface area contributed by atoms with Gasteiger partial charge in [-0.25, -0.2) is 9.78 Å². The van der Waals surface area contributed by atoms with E-state index in [9.17, 15) is 4.79 Å². The van der Waals surface area contributed by atoms with Gasteiger partial charge in [0.15, 0.2) is 0 Å². The van der Waals surface area contributed by atoms with Gasteiger partial charge in [-0.15, -0.1) is 11.3 Å². The van der Waals surface area contributed by atoms with Crippen LogP contribution in [0.4, 0.5) is 4.79 Å². The lowest BCUT2D eigenvalue weighted by molar-refractivity contribution is 0.240. The molecular formula is C21H17N5OS. The minimum absolute atomic E-state index is 0.232. The van der Waals surface area contributed by atoms with Gasteiger partial charge in [0.05, 0.1) is 23.4 Å². The summed E-state index contributed by atoms with van der Waals surface area (Å²) in [5.74, 6) is 0. The third-order valence-corrected chi connectivity index (χ3v) is 5.44. The Kier molecular flexibility index (Phi) is 4.63. The largest absolute Gasteiger partial charge is 0.327 e. The van der Waals surface area contributed by atoms with Crippen LogP contribution in [0.5, 0.6) is 0 Å². The van der Waals surface area contributed by atoms with Gasteiger partial charge >= 0.3 is 6.03 Å². The Morgan fingerprint density at radius 3 is 2.68 bits per heavy atom. The van der Waals surface area contributed by atoms with Crippen molar-refractivity contribution in [3.63, 3.8) is 0 Å². The molecule has 2 amide bonds. The van der Waals surface area contributed by atoms with Gasteiger partial charge in [-0.2, -0.15) is 5.26 Å². The number of carbonyl (C=O) groups excluding carboxylic acids is 1. The Balaban J connectivity index is 1.75. The maximum Gasteiger partial charge on any atom is 0.319 e. The fourth-order valence-electron chi connectivity index (χ4n) is 3.22. The van der Waals surface area contributed by atoms with Gasteiger partial charge in [-0.1, -0.05) is 12.1 Å². The number of benzene rings is 1. The monoisotopic (exact) mass is 387 g/mol. The minimum Gasteiger partial charge on any atom is -0.327 e. The molecule has 0 saturated heterocycles. The Bertz CT molecular complexity index is 1120. The average molecular weight is 387 g/mol. The molecule has 0 aliphatic carbocycles. The highest BCUT2D eigenvalue weighted by Crippen LogP contribution is 2.37. The number of nitriles is 1. The molecule has 1 aromatic carbocycles. The molecule has 6 nitrogen and oxygen atoms in total. The maximum absolute atomic E-state index is 12.1. The van der Waals surface area contributed by atoms with E-state index in [2.05, 4.69) is 21.7 Å². The zero-order chi connectivity index (χ0) is 19.7. The first kappa shape index (κ1) is 17.9. The summed E-state index contributed by atoms with van der Waals surface area (Å²) in [5.41, 5.74) is 5.98. The van der Waals surface area contributed by atoms with Crippen molar-refractivity contribution >= 4 is 22.9 Å². The number of nitrogens with zero attached hydrogens (tertiary/aromatic N) is 3. The molecule has 1 unspecified atom stereocenters. The Hall–Kier alpha value is -3.50. The second kappa shape index (κ2) is 7.25. The first-order valence-corrected chi connectivity index (χ1v) is 9.60. The highest BCUT2D eigenvalue weighted by Gasteiger charge is 2.29. The molecule has 3 aromatic rings. The van der Waals surface area contributed by atoms with E-state index in [0.717, 1.165) is 38.8 Å². The van der Waals surface area contributed by atoms with Crippen LogP contribution in [0, 0.1) is 18.3 Å². The van der Waals surface area contributed by atoms with Crippen molar-refractivity contribution in [1.82, 2.24) is 20.6 Å². The van der Waals surface area contributed by atoms with Crippen molar-refractivity contribution in [1.29, 1.82) is 5.26 Å². The summed E-state index contributed by atoms with van der Waals surface area (Å²) in [7, 11) is 0. The number of pyridine rings is 1. The summed E-state index contributed by atoms with van der Waals surface area (Å²) >= 11 is 1.53. The number of urea groups is 1. The number of allylic oxidation sites excluding steroid dienone is 1.